The van der Waals surface area contributed by atoms with Crippen molar-refractivity contribution in [3.05, 3.63) is 24.0 Å². The molecule has 0 aliphatic carbocycles. The molecule has 152 valence electrons. The largest absolute Gasteiger partial charge is 0.481 e. The van der Waals surface area contributed by atoms with E-state index in [9.17, 15) is 18.8 Å². The number of cyclic esters (lactones) is 1. The molecule has 2 fully saturated rings. The molecule has 0 radical (unpaired) electrons. The smallest absolute Gasteiger partial charge is 0.414 e. The Kier molecular flexibility index (Phi) is 6.30. The summed E-state index contributed by atoms with van der Waals surface area (Å²) in [6.07, 6.45) is -1.12. The Morgan fingerprint density at radius 3 is 2.79 bits per heavy atom. The lowest BCUT2D eigenvalue weighted by atomic mass is 10.2. The minimum Gasteiger partial charge on any atom is -0.481 e. The Bertz CT molecular complexity index is 753. The lowest BCUT2D eigenvalue weighted by Gasteiger charge is -2.27. The molecule has 2 saturated heterocycles. The van der Waals surface area contributed by atoms with E-state index in [0.717, 1.165) is 19.2 Å². The van der Waals surface area contributed by atoms with Crippen LogP contribution in [-0.4, -0.2) is 74.8 Å². The van der Waals surface area contributed by atoms with Crippen molar-refractivity contribution in [1.29, 1.82) is 0 Å². The van der Waals surface area contributed by atoms with Crippen molar-refractivity contribution >= 4 is 23.6 Å². The molecular formula is C18H23FN4O5. The molecule has 10 heteroatoms. The van der Waals surface area contributed by atoms with Gasteiger partial charge in [-0.1, -0.05) is 0 Å². The molecule has 2 heterocycles. The highest BCUT2D eigenvalue weighted by Crippen LogP contribution is 2.27. The second kappa shape index (κ2) is 8.87. The van der Waals surface area contributed by atoms with Gasteiger partial charge >= 0.3 is 6.09 Å². The molecule has 0 saturated carbocycles. The van der Waals surface area contributed by atoms with Crippen LogP contribution in [0.25, 0.3) is 0 Å². The third-order valence-electron chi connectivity index (χ3n) is 4.50. The van der Waals surface area contributed by atoms with Crippen molar-refractivity contribution in [2.24, 2.45) is 0 Å². The average Bonchev–Trinajstić information content (AvgIpc) is 3.06. The quantitative estimate of drug-likeness (QED) is 0.710. The summed E-state index contributed by atoms with van der Waals surface area (Å²) in [4.78, 5) is 38.0. The normalized spacial score (nSPS) is 19.4. The topological polar surface area (TPSA) is 100 Å². The molecule has 0 aromatic heterocycles. The standard InChI is InChI=1S/C18H23FN4O5/c1-12(24)21-9-14-10-23(18(26)28-14)13-2-3-16(15(19)8-13)27-11-17(25)22-6-4-20-5-7-22/h2-3,8,14,20H,4-7,9-11H2,1H3,(H,21,24)/t14-/m0/s1. The van der Waals surface area contributed by atoms with Gasteiger partial charge in [0.25, 0.3) is 5.91 Å². The van der Waals surface area contributed by atoms with Gasteiger partial charge in [-0.25, -0.2) is 9.18 Å². The molecule has 3 rings (SSSR count). The maximum atomic E-state index is 14.4. The van der Waals surface area contributed by atoms with E-state index < -0.39 is 18.0 Å². The number of anilines is 1. The number of nitrogens with one attached hydrogen (secondary N) is 2. The van der Waals surface area contributed by atoms with E-state index in [0.29, 0.717) is 18.8 Å². The third-order valence-corrected chi connectivity index (χ3v) is 4.50. The number of rotatable bonds is 6. The van der Waals surface area contributed by atoms with Gasteiger partial charge in [0.2, 0.25) is 5.91 Å². The molecule has 1 aromatic carbocycles. The molecule has 0 bridgehead atoms. The van der Waals surface area contributed by atoms with Gasteiger partial charge in [-0.3, -0.25) is 14.5 Å². The lowest BCUT2D eigenvalue weighted by molar-refractivity contribution is -0.134. The molecule has 9 nitrogen and oxygen atoms in total. The first-order valence-corrected chi connectivity index (χ1v) is 9.07. The van der Waals surface area contributed by atoms with E-state index in [1.807, 2.05) is 0 Å². The van der Waals surface area contributed by atoms with Crippen LogP contribution in [0, 0.1) is 5.82 Å². The summed E-state index contributed by atoms with van der Waals surface area (Å²) in [6, 6.07) is 4.06. The number of benzene rings is 1. The lowest BCUT2D eigenvalue weighted by Crippen LogP contribution is -2.47. The van der Waals surface area contributed by atoms with Crippen LogP contribution in [0.3, 0.4) is 0 Å². The molecule has 1 aromatic rings. The zero-order valence-corrected chi connectivity index (χ0v) is 15.6. The highest BCUT2D eigenvalue weighted by atomic mass is 19.1. The van der Waals surface area contributed by atoms with E-state index in [2.05, 4.69) is 10.6 Å². The fourth-order valence-corrected chi connectivity index (χ4v) is 3.02. The fourth-order valence-electron chi connectivity index (χ4n) is 3.02. The Hall–Kier alpha value is -2.88. The predicted octanol–water partition coefficient (Wildman–Crippen LogP) is 0.0976. The first-order valence-electron chi connectivity index (χ1n) is 9.07. The van der Waals surface area contributed by atoms with Crippen LogP contribution in [0.4, 0.5) is 14.9 Å². The van der Waals surface area contributed by atoms with Crippen molar-refractivity contribution in [2.45, 2.75) is 13.0 Å². The van der Waals surface area contributed by atoms with Gasteiger partial charge < -0.3 is 25.0 Å². The first kappa shape index (κ1) is 19.9. The Morgan fingerprint density at radius 1 is 1.36 bits per heavy atom. The fraction of sp³-hybridized carbons (Fsp3) is 0.500. The van der Waals surface area contributed by atoms with E-state index in [4.69, 9.17) is 9.47 Å². The summed E-state index contributed by atoms with van der Waals surface area (Å²) in [7, 11) is 0. The van der Waals surface area contributed by atoms with Crippen molar-refractivity contribution < 1.29 is 28.2 Å². The van der Waals surface area contributed by atoms with Gasteiger partial charge in [0.15, 0.2) is 18.2 Å². The summed E-state index contributed by atoms with van der Waals surface area (Å²) in [5, 5.41) is 5.73. The summed E-state index contributed by atoms with van der Waals surface area (Å²) >= 11 is 0. The van der Waals surface area contributed by atoms with Crippen LogP contribution in [0.2, 0.25) is 0 Å². The number of carbonyl (C=O) groups excluding carboxylic acids is 3. The number of ether oxygens (including phenoxy) is 2. The van der Waals surface area contributed by atoms with Crippen molar-refractivity contribution in [3.63, 3.8) is 0 Å². The van der Waals surface area contributed by atoms with Crippen LogP contribution in [0.1, 0.15) is 6.92 Å². The Balaban J connectivity index is 1.57. The van der Waals surface area contributed by atoms with Crippen LogP contribution >= 0.6 is 0 Å². The van der Waals surface area contributed by atoms with Crippen LogP contribution < -0.4 is 20.3 Å². The van der Waals surface area contributed by atoms with Gasteiger partial charge in [0.05, 0.1) is 18.8 Å². The average molecular weight is 394 g/mol. The third kappa shape index (κ3) is 4.89. The van der Waals surface area contributed by atoms with Crippen molar-refractivity contribution in [2.75, 3.05) is 50.8 Å². The van der Waals surface area contributed by atoms with Gasteiger partial charge in [-0.05, 0) is 12.1 Å². The van der Waals surface area contributed by atoms with E-state index >= 15 is 0 Å². The molecule has 0 spiro atoms. The highest BCUT2D eigenvalue weighted by molar-refractivity contribution is 5.90. The summed E-state index contributed by atoms with van der Waals surface area (Å²) in [6.45, 7) is 4.15. The van der Waals surface area contributed by atoms with Gasteiger partial charge in [-0.15, -0.1) is 0 Å². The zero-order chi connectivity index (χ0) is 20.1. The van der Waals surface area contributed by atoms with Gasteiger partial charge in [0, 0.05) is 39.2 Å². The molecule has 0 unspecified atom stereocenters. The summed E-state index contributed by atoms with van der Waals surface area (Å²) in [5.41, 5.74) is 0.314. The number of halogens is 1. The van der Waals surface area contributed by atoms with Crippen LogP contribution in [-0.2, 0) is 14.3 Å². The minimum atomic E-state index is -0.677. The molecule has 2 aliphatic rings. The van der Waals surface area contributed by atoms with E-state index in [-0.39, 0.29) is 37.3 Å². The van der Waals surface area contributed by atoms with E-state index in [1.165, 1.54) is 24.0 Å². The number of amides is 3. The summed E-state index contributed by atoms with van der Waals surface area (Å²) in [5.74, 6) is -1.16. The predicted molar refractivity (Wildman–Crippen MR) is 97.6 cm³/mol. The second-order valence-corrected chi connectivity index (χ2v) is 6.59. The number of piperazine rings is 1. The monoisotopic (exact) mass is 394 g/mol. The zero-order valence-electron chi connectivity index (χ0n) is 15.6. The second-order valence-electron chi connectivity index (χ2n) is 6.59. The van der Waals surface area contributed by atoms with Crippen molar-refractivity contribution in [3.8, 4) is 5.75 Å². The first-order chi connectivity index (χ1) is 13.4. The number of nitrogens with zero attached hydrogens (tertiary/aromatic N) is 2. The van der Waals surface area contributed by atoms with Crippen molar-refractivity contribution in [1.82, 2.24) is 15.5 Å². The van der Waals surface area contributed by atoms with E-state index in [1.54, 1.807) is 4.90 Å². The van der Waals surface area contributed by atoms with Crippen LogP contribution in [0.5, 0.6) is 5.75 Å². The number of carbonyl (C=O) groups is 3. The molecule has 28 heavy (non-hydrogen) atoms. The summed E-state index contributed by atoms with van der Waals surface area (Å²) < 4.78 is 24.9. The maximum absolute atomic E-state index is 14.4. The van der Waals surface area contributed by atoms with Crippen LogP contribution in [0.15, 0.2) is 18.2 Å². The van der Waals surface area contributed by atoms with Gasteiger partial charge in [0.1, 0.15) is 6.10 Å². The number of hydrogen-bond donors (Lipinski definition) is 2. The molecule has 2 N–H and O–H groups in total. The molecule has 2 aliphatic heterocycles. The Labute approximate surface area is 161 Å². The molecule has 1 atom stereocenters. The number of hydrogen-bond acceptors (Lipinski definition) is 6. The highest BCUT2D eigenvalue weighted by Gasteiger charge is 2.32. The maximum Gasteiger partial charge on any atom is 0.414 e. The Morgan fingerprint density at radius 2 is 2.11 bits per heavy atom. The minimum absolute atomic E-state index is 0.0606. The molecule has 3 amide bonds. The SMILES string of the molecule is CC(=O)NC[C@H]1CN(c2ccc(OCC(=O)N3CCNCC3)c(F)c2)C(=O)O1. The molecular weight excluding hydrogens is 371 g/mol. The van der Waals surface area contributed by atoms with Gasteiger partial charge in [-0.2, -0.15) is 0 Å².